The molecule has 0 aliphatic carbocycles. The van der Waals surface area contributed by atoms with Crippen molar-refractivity contribution in [3.8, 4) is 11.5 Å². The first-order chi connectivity index (χ1) is 10.2. The summed E-state index contributed by atoms with van der Waals surface area (Å²) < 4.78 is 11.3. The summed E-state index contributed by atoms with van der Waals surface area (Å²) in [4.78, 5) is 0. The Morgan fingerprint density at radius 2 is 1.48 bits per heavy atom. The SMILES string of the molecule is CCCOc1ccc(OCC(N)c2ccc(C)cc2)cc1. The van der Waals surface area contributed by atoms with Crippen molar-refractivity contribution in [2.45, 2.75) is 26.3 Å². The van der Waals surface area contributed by atoms with Crippen LogP contribution in [-0.4, -0.2) is 13.2 Å². The van der Waals surface area contributed by atoms with Gasteiger partial charge in [0, 0.05) is 0 Å². The van der Waals surface area contributed by atoms with Crippen molar-refractivity contribution >= 4 is 0 Å². The molecular formula is C18H23NO2. The highest BCUT2D eigenvalue weighted by molar-refractivity contribution is 5.31. The van der Waals surface area contributed by atoms with Gasteiger partial charge in [-0.1, -0.05) is 36.8 Å². The van der Waals surface area contributed by atoms with Crippen molar-refractivity contribution in [1.82, 2.24) is 0 Å². The maximum atomic E-state index is 6.14. The predicted octanol–water partition coefficient (Wildman–Crippen LogP) is 3.86. The van der Waals surface area contributed by atoms with Crippen molar-refractivity contribution < 1.29 is 9.47 Å². The van der Waals surface area contributed by atoms with Crippen molar-refractivity contribution in [3.05, 3.63) is 59.7 Å². The molecule has 2 aromatic rings. The van der Waals surface area contributed by atoms with E-state index >= 15 is 0 Å². The number of hydrogen-bond donors (Lipinski definition) is 1. The molecule has 0 radical (unpaired) electrons. The molecule has 0 bridgehead atoms. The van der Waals surface area contributed by atoms with E-state index in [1.165, 1.54) is 5.56 Å². The standard InChI is InChI=1S/C18H23NO2/c1-3-12-20-16-8-10-17(11-9-16)21-13-18(19)15-6-4-14(2)5-7-15/h4-11,18H,3,12-13,19H2,1-2H3. The number of aryl methyl sites for hydroxylation is 1. The highest BCUT2D eigenvalue weighted by Gasteiger charge is 2.06. The molecule has 0 aliphatic rings. The van der Waals surface area contributed by atoms with Gasteiger partial charge in [-0.3, -0.25) is 0 Å². The van der Waals surface area contributed by atoms with Crippen LogP contribution in [0, 0.1) is 6.92 Å². The Kier molecular flexibility index (Phi) is 5.64. The topological polar surface area (TPSA) is 44.5 Å². The van der Waals surface area contributed by atoms with Gasteiger partial charge >= 0.3 is 0 Å². The third-order valence-corrected chi connectivity index (χ3v) is 3.23. The Hall–Kier alpha value is -2.00. The molecular weight excluding hydrogens is 262 g/mol. The minimum atomic E-state index is -0.124. The van der Waals surface area contributed by atoms with E-state index in [0.29, 0.717) is 6.61 Å². The van der Waals surface area contributed by atoms with Gasteiger partial charge in [0.05, 0.1) is 12.6 Å². The van der Waals surface area contributed by atoms with E-state index in [9.17, 15) is 0 Å². The van der Waals surface area contributed by atoms with E-state index in [1.807, 2.05) is 36.4 Å². The second-order valence-corrected chi connectivity index (χ2v) is 5.15. The molecule has 112 valence electrons. The molecule has 2 N–H and O–H groups in total. The van der Waals surface area contributed by atoms with Crippen LogP contribution in [0.1, 0.15) is 30.5 Å². The van der Waals surface area contributed by atoms with E-state index < -0.39 is 0 Å². The highest BCUT2D eigenvalue weighted by atomic mass is 16.5. The predicted molar refractivity (Wildman–Crippen MR) is 85.8 cm³/mol. The van der Waals surface area contributed by atoms with Crippen molar-refractivity contribution in [2.75, 3.05) is 13.2 Å². The first kappa shape index (κ1) is 15.4. The number of nitrogens with two attached hydrogens (primary N) is 1. The van der Waals surface area contributed by atoms with Gasteiger partial charge in [0.2, 0.25) is 0 Å². The van der Waals surface area contributed by atoms with E-state index in [-0.39, 0.29) is 6.04 Å². The Bertz CT molecular complexity index is 534. The van der Waals surface area contributed by atoms with Crippen LogP contribution in [0.3, 0.4) is 0 Å². The van der Waals surface area contributed by atoms with E-state index in [1.54, 1.807) is 0 Å². The summed E-state index contributed by atoms with van der Waals surface area (Å²) in [6.07, 6.45) is 1.00. The summed E-state index contributed by atoms with van der Waals surface area (Å²) >= 11 is 0. The molecule has 0 saturated carbocycles. The molecule has 1 atom stereocenters. The third kappa shape index (κ3) is 4.80. The summed E-state index contributed by atoms with van der Waals surface area (Å²) in [6, 6.07) is 15.8. The lowest BCUT2D eigenvalue weighted by Gasteiger charge is -2.14. The van der Waals surface area contributed by atoms with Gasteiger partial charge in [-0.15, -0.1) is 0 Å². The molecule has 3 heteroatoms. The molecule has 2 aromatic carbocycles. The highest BCUT2D eigenvalue weighted by Crippen LogP contribution is 2.19. The van der Waals surface area contributed by atoms with Gasteiger partial charge in [0.25, 0.3) is 0 Å². The van der Waals surface area contributed by atoms with Crippen LogP contribution in [0.15, 0.2) is 48.5 Å². The first-order valence-corrected chi connectivity index (χ1v) is 7.37. The van der Waals surface area contributed by atoms with E-state index in [2.05, 4.69) is 26.0 Å². The van der Waals surface area contributed by atoms with Crippen LogP contribution in [0.5, 0.6) is 11.5 Å². The minimum absolute atomic E-state index is 0.124. The van der Waals surface area contributed by atoms with Crippen LogP contribution in [0.2, 0.25) is 0 Å². The van der Waals surface area contributed by atoms with Crippen LogP contribution < -0.4 is 15.2 Å². The van der Waals surface area contributed by atoms with Crippen molar-refractivity contribution in [3.63, 3.8) is 0 Å². The molecule has 0 amide bonds. The zero-order valence-corrected chi connectivity index (χ0v) is 12.7. The molecule has 0 aliphatic heterocycles. The van der Waals surface area contributed by atoms with Crippen LogP contribution in [0.4, 0.5) is 0 Å². The van der Waals surface area contributed by atoms with Crippen LogP contribution in [0.25, 0.3) is 0 Å². The van der Waals surface area contributed by atoms with Crippen LogP contribution >= 0.6 is 0 Å². The number of rotatable bonds is 7. The van der Waals surface area contributed by atoms with Gasteiger partial charge in [-0.2, -0.15) is 0 Å². The monoisotopic (exact) mass is 285 g/mol. The molecule has 2 rings (SSSR count). The fraction of sp³-hybridized carbons (Fsp3) is 0.333. The van der Waals surface area contributed by atoms with Crippen molar-refractivity contribution in [1.29, 1.82) is 0 Å². The van der Waals surface area contributed by atoms with Gasteiger partial charge in [0.1, 0.15) is 18.1 Å². The molecule has 0 aromatic heterocycles. The third-order valence-electron chi connectivity index (χ3n) is 3.23. The maximum absolute atomic E-state index is 6.14. The zero-order chi connectivity index (χ0) is 15.1. The lowest BCUT2D eigenvalue weighted by atomic mass is 10.1. The summed E-state index contributed by atoms with van der Waals surface area (Å²) in [5, 5.41) is 0. The molecule has 0 spiro atoms. The van der Waals surface area contributed by atoms with Crippen LogP contribution in [-0.2, 0) is 0 Å². The average Bonchev–Trinajstić information content (AvgIpc) is 2.52. The quantitative estimate of drug-likeness (QED) is 0.840. The zero-order valence-electron chi connectivity index (χ0n) is 12.7. The largest absolute Gasteiger partial charge is 0.494 e. The Balaban J connectivity index is 1.86. The normalized spacial score (nSPS) is 12.0. The maximum Gasteiger partial charge on any atom is 0.119 e. The van der Waals surface area contributed by atoms with E-state index in [4.69, 9.17) is 15.2 Å². The average molecular weight is 285 g/mol. The molecule has 0 fully saturated rings. The fourth-order valence-electron chi connectivity index (χ4n) is 1.95. The van der Waals surface area contributed by atoms with Gasteiger partial charge in [0.15, 0.2) is 0 Å². The van der Waals surface area contributed by atoms with Crippen molar-refractivity contribution in [2.24, 2.45) is 5.73 Å². The minimum Gasteiger partial charge on any atom is -0.494 e. The smallest absolute Gasteiger partial charge is 0.119 e. The summed E-state index contributed by atoms with van der Waals surface area (Å²) in [5.74, 6) is 1.67. The Labute approximate surface area is 126 Å². The number of benzene rings is 2. The second-order valence-electron chi connectivity index (χ2n) is 5.15. The lowest BCUT2D eigenvalue weighted by Crippen LogP contribution is -2.18. The molecule has 0 saturated heterocycles. The summed E-state index contributed by atoms with van der Waals surface area (Å²) in [5.41, 5.74) is 8.46. The molecule has 1 unspecified atom stereocenters. The van der Waals surface area contributed by atoms with Gasteiger partial charge in [-0.05, 0) is 43.2 Å². The van der Waals surface area contributed by atoms with Gasteiger partial charge in [-0.25, -0.2) is 0 Å². The molecule has 3 nitrogen and oxygen atoms in total. The first-order valence-electron chi connectivity index (χ1n) is 7.37. The Morgan fingerprint density at radius 1 is 0.905 bits per heavy atom. The molecule has 21 heavy (non-hydrogen) atoms. The fourth-order valence-corrected chi connectivity index (χ4v) is 1.95. The van der Waals surface area contributed by atoms with E-state index in [0.717, 1.165) is 30.1 Å². The Morgan fingerprint density at radius 3 is 2.05 bits per heavy atom. The van der Waals surface area contributed by atoms with Gasteiger partial charge < -0.3 is 15.2 Å². The number of hydrogen-bond acceptors (Lipinski definition) is 3. The second kappa shape index (κ2) is 7.70. The summed E-state index contributed by atoms with van der Waals surface area (Å²) in [6.45, 7) is 5.34. The summed E-state index contributed by atoms with van der Waals surface area (Å²) in [7, 11) is 0. The lowest BCUT2D eigenvalue weighted by molar-refractivity contribution is 0.288. The number of ether oxygens (including phenoxy) is 2. The molecule has 0 heterocycles.